The summed E-state index contributed by atoms with van der Waals surface area (Å²) in [6.45, 7) is 4.07. The van der Waals surface area contributed by atoms with Crippen LogP contribution in [-0.4, -0.2) is 43.7 Å². The van der Waals surface area contributed by atoms with E-state index in [-0.39, 0.29) is 12.6 Å². The van der Waals surface area contributed by atoms with Gasteiger partial charge < -0.3 is 20.1 Å². The number of rotatable bonds is 6. The van der Waals surface area contributed by atoms with Crippen LogP contribution in [0, 0.1) is 0 Å². The smallest absolute Gasteiger partial charge is 0.338 e. The molecule has 0 unspecified atom stereocenters. The molecule has 0 saturated carbocycles. The van der Waals surface area contributed by atoms with Crippen LogP contribution in [0.25, 0.3) is 0 Å². The standard InChI is InChI=1S/C24H27N3O4/c1-3-31-23(28)21-19(15-27-13-12-16-8-4-5-9-17(16)14-27)25-24(29)26-22(21)18-10-6-7-11-20(18)30-2/h4-11,22H,3,12-15H2,1-2H3,(H2,25,26,29)/t22-/m1/s1. The number of nitrogens with one attached hydrogen (secondary N) is 2. The first-order valence-electron chi connectivity index (χ1n) is 10.5. The number of esters is 1. The molecule has 0 radical (unpaired) electrons. The Hall–Kier alpha value is -3.32. The predicted octanol–water partition coefficient (Wildman–Crippen LogP) is 2.92. The number of hydrogen-bond acceptors (Lipinski definition) is 5. The van der Waals surface area contributed by atoms with Crippen molar-refractivity contribution in [1.29, 1.82) is 0 Å². The lowest BCUT2D eigenvalue weighted by molar-refractivity contribution is -0.139. The van der Waals surface area contributed by atoms with Crippen LogP contribution in [0.3, 0.4) is 0 Å². The molecule has 2 aliphatic heterocycles. The van der Waals surface area contributed by atoms with E-state index in [1.54, 1.807) is 14.0 Å². The van der Waals surface area contributed by atoms with Crippen molar-refractivity contribution in [3.05, 3.63) is 76.5 Å². The topological polar surface area (TPSA) is 79.9 Å². The third-order valence-corrected chi connectivity index (χ3v) is 5.69. The Bertz CT molecular complexity index is 1020. The SMILES string of the molecule is CCOC(=O)C1=C(CN2CCc3ccccc3C2)NC(=O)N[C@@H]1c1ccccc1OC. The molecule has 2 N–H and O–H groups in total. The number of fused-ring (bicyclic) bond motifs is 1. The summed E-state index contributed by atoms with van der Waals surface area (Å²) in [5.41, 5.74) is 4.31. The lowest BCUT2D eigenvalue weighted by atomic mass is 9.93. The van der Waals surface area contributed by atoms with Crippen molar-refractivity contribution in [3.63, 3.8) is 0 Å². The minimum Gasteiger partial charge on any atom is -0.496 e. The van der Waals surface area contributed by atoms with E-state index in [0.29, 0.717) is 29.1 Å². The summed E-state index contributed by atoms with van der Waals surface area (Å²) in [7, 11) is 1.57. The Balaban J connectivity index is 1.71. The number of ether oxygens (including phenoxy) is 2. The first-order chi connectivity index (χ1) is 15.1. The van der Waals surface area contributed by atoms with Crippen LogP contribution in [-0.2, 0) is 22.5 Å². The van der Waals surface area contributed by atoms with Crippen LogP contribution in [0.2, 0.25) is 0 Å². The molecular weight excluding hydrogens is 394 g/mol. The predicted molar refractivity (Wildman–Crippen MR) is 116 cm³/mol. The molecule has 31 heavy (non-hydrogen) atoms. The van der Waals surface area contributed by atoms with Gasteiger partial charge in [-0.05, 0) is 30.5 Å². The highest BCUT2D eigenvalue weighted by Crippen LogP contribution is 2.34. The van der Waals surface area contributed by atoms with Gasteiger partial charge in [-0.15, -0.1) is 0 Å². The maximum Gasteiger partial charge on any atom is 0.338 e. The molecule has 0 bridgehead atoms. The number of nitrogens with zero attached hydrogens (tertiary/aromatic N) is 1. The van der Waals surface area contributed by atoms with Gasteiger partial charge in [-0.25, -0.2) is 9.59 Å². The number of amides is 2. The van der Waals surface area contributed by atoms with Gasteiger partial charge in [0.2, 0.25) is 0 Å². The van der Waals surface area contributed by atoms with Crippen LogP contribution in [0.15, 0.2) is 59.8 Å². The molecule has 0 fully saturated rings. The number of carbonyl (C=O) groups excluding carboxylic acids is 2. The van der Waals surface area contributed by atoms with Crippen LogP contribution in [0.5, 0.6) is 5.75 Å². The first kappa shape index (κ1) is 20.9. The van der Waals surface area contributed by atoms with Crippen molar-refractivity contribution in [2.75, 3.05) is 26.8 Å². The number of para-hydroxylation sites is 1. The molecule has 0 saturated heterocycles. The minimum absolute atomic E-state index is 0.249. The molecule has 4 rings (SSSR count). The molecule has 0 aliphatic carbocycles. The van der Waals surface area contributed by atoms with Gasteiger partial charge in [-0.2, -0.15) is 0 Å². The van der Waals surface area contributed by atoms with Crippen LogP contribution < -0.4 is 15.4 Å². The molecule has 2 aromatic carbocycles. The zero-order chi connectivity index (χ0) is 21.8. The van der Waals surface area contributed by atoms with E-state index in [0.717, 1.165) is 19.5 Å². The third kappa shape index (κ3) is 4.41. The minimum atomic E-state index is -0.656. The number of methoxy groups -OCH3 is 1. The van der Waals surface area contributed by atoms with Crippen LogP contribution >= 0.6 is 0 Å². The quantitative estimate of drug-likeness (QED) is 0.701. The maximum atomic E-state index is 13.0. The highest BCUT2D eigenvalue weighted by molar-refractivity contribution is 5.95. The van der Waals surface area contributed by atoms with Crippen LogP contribution in [0.4, 0.5) is 4.79 Å². The van der Waals surface area contributed by atoms with Gasteiger partial charge >= 0.3 is 12.0 Å². The number of benzene rings is 2. The van der Waals surface area contributed by atoms with E-state index in [1.165, 1.54) is 11.1 Å². The number of urea groups is 1. The second-order valence-corrected chi connectivity index (χ2v) is 7.62. The molecule has 0 spiro atoms. The second kappa shape index (κ2) is 9.22. The van der Waals surface area contributed by atoms with Crippen molar-refractivity contribution < 1.29 is 19.1 Å². The molecular formula is C24H27N3O4. The van der Waals surface area contributed by atoms with Crippen molar-refractivity contribution in [1.82, 2.24) is 15.5 Å². The Morgan fingerprint density at radius 2 is 1.87 bits per heavy atom. The monoisotopic (exact) mass is 421 g/mol. The fourth-order valence-corrected chi connectivity index (χ4v) is 4.24. The summed E-state index contributed by atoms with van der Waals surface area (Å²) in [4.78, 5) is 27.8. The zero-order valence-corrected chi connectivity index (χ0v) is 17.8. The summed E-state index contributed by atoms with van der Waals surface area (Å²) in [5.74, 6) is 0.154. The summed E-state index contributed by atoms with van der Waals surface area (Å²) in [6, 6.07) is 14.7. The van der Waals surface area contributed by atoms with Crippen LogP contribution in [0.1, 0.15) is 29.7 Å². The molecule has 2 heterocycles. The Morgan fingerprint density at radius 1 is 1.13 bits per heavy atom. The Labute approximate surface area is 182 Å². The molecule has 2 aromatic rings. The van der Waals surface area contributed by atoms with Gasteiger partial charge in [0.05, 0.1) is 25.3 Å². The van der Waals surface area contributed by atoms with Crippen molar-refractivity contribution in [3.8, 4) is 5.75 Å². The first-order valence-corrected chi connectivity index (χ1v) is 10.5. The van der Waals surface area contributed by atoms with Crippen molar-refractivity contribution >= 4 is 12.0 Å². The second-order valence-electron chi connectivity index (χ2n) is 7.62. The van der Waals surface area contributed by atoms with E-state index in [2.05, 4.69) is 33.7 Å². The van der Waals surface area contributed by atoms with E-state index in [1.807, 2.05) is 30.3 Å². The summed E-state index contributed by atoms with van der Waals surface area (Å²) >= 11 is 0. The van der Waals surface area contributed by atoms with Gasteiger partial charge in [-0.3, -0.25) is 4.90 Å². The largest absolute Gasteiger partial charge is 0.496 e. The van der Waals surface area contributed by atoms with E-state index < -0.39 is 12.0 Å². The zero-order valence-electron chi connectivity index (χ0n) is 17.8. The van der Waals surface area contributed by atoms with Gasteiger partial charge in [0.15, 0.2) is 0 Å². The average molecular weight is 421 g/mol. The van der Waals surface area contributed by atoms with E-state index in [9.17, 15) is 9.59 Å². The van der Waals surface area contributed by atoms with E-state index in [4.69, 9.17) is 9.47 Å². The van der Waals surface area contributed by atoms with Gasteiger partial charge in [0, 0.05) is 30.9 Å². The van der Waals surface area contributed by atoms with Crippen molar-refractivity contribution in [2.24, 2.45) is 0 Å². The fourth-order valence-electron chi connectivity index (χ4n) is 4.24. The maximum absolute atomic E-state index is 13.0. The third-order valence-electron chi connectivity index (χ3n) is 5.69. The fraction of sp³-hybridized carbons (Fsp3) is 0.333. The summed E-state index contributed by atoms with van der Waals surface area (Å²) in [5, 5.41) is 5.73. The summed E-state index contributed by atoms with van der Waals surface area (Å²) < 4.78 is 10.9. The molecule has 1 atom stereocenters. The Morgan fingerprint density at radius 3 is 2.65 bits per heavy atom. The molecule has 2 amide bonds. The summed E-state index contributed by atoms with van der Waals surface area (Å²) in [6.07, 6.45) is 0.931. The Kier molecular flexibility index (Phi) is 6.23. The molecule has 7 heteroatoms. The molecule has 0 aromatic heterocycles. The average Bonchev–Trinajstić information content (AvgIpc) is 2.78. The molecule has 2 aliphatic rings. The van der Waals surface area contributed by atoms with E-state index >= 15 is 0 Å². The van der Waals surface area contributed by atoms with Gasteiger partial charge in [0.25, 0.3) is 0 Å². The lowest BCUT2D eigenvalue weighted by Crippen LogP contribution is -2.49. The molecule has 7 nitrogen and oxygen atoms in total. The molecule has 162 valence electrons. The normalized spacial score (nSPS) is 18.6. The van der Waals surface area contributed by atoms with Gasteiger partial charge in [-0.1, -0.05) is 42.5 Å². The number of hydrogen-bond donors (Lipinski definition) is 2. The number of carbonyl (C=O) groups is 2. The highest BCUT2D eigenvalue weighted by Gasteiger charge is 2.36. The van der Waals surface area contributed by atoms with Gasteiger partial charge in [0.1, 0.15) is 5.75 Å². The van der Waals surface area contributed by atoms with Crippen molar-refractivity contribution in [2.45, 2.75) is 25.9 Å². The lowest BCUT2D eigenvalue weighted by Gasteiger charge is -2.34. The highest BCUT2D eigenvalue weighted by atomic mass is 16.5.